The van der Waals surface area contributed by atoms with Crippen molar-refractivity contribution in [1.29, 1.82) is 0 Å². The molecule has 1 atom stereocenters. The van der Waals surface area contributed by atoms with Gasteiger partial charge in [0.05, 0.1) is 13.7 Å². The summed E-state index contributed by atoms with van der Waals surface area (Å²) in [5.41, 5.74) is 5.22. The van der Waals surface area contributed by atoms with Gasteiger partial charge in [0.2, 0.25) is 11.8 Å². The minimum atomic E-state index is -0.727. The van der Waals surface area contributed by atoms with E-state index in [9.17, 15) is 9.59 Å². The van der Waals surface area contributed by atoms with Crippen LogP contribution < -0.4 is 15.4 Å². The third kappa shape index (κ3) is 6.55. The van der Waals surface area contributed by atoms with E-state index in [-0.39, 0.29) is 18.4 Å². The number of H-pyrrole nitrogens is 2. The number of benzene rings is 3. The molecule has 3 heterocycles. The van der Waals surface area contributed by atoms with Crippen LogP contribution in [0.3, 0.4) is 0 Å². The van der Waals surface area contributed by atoms with E-state index in [4.69, 9.17) is 16.3 Å². The number of likely N-dealkylation sites (tertiary alicyclic amines) is 1. The van der Waals surface area contributed by atoms with Crippen molar-refractivity contribution in [2.75, 3.05) is 26.7 Å². The first kappa shape index (κ1) is 28.8. The van der Waals surface area contributed by atoms with Crippen LogP contribution in [0.5, 0.6) is 5.75 Å². The van der Waals surface area contributed by atoms with E-state index in [0.717, 1.165) is 58.5 Å². The maximum Gasteiger partial charge on any atom is 0.243 e. The number of aromatic nitrogens is 2. The van der Waals surface area contributed by atoms with E-state index in [1.54, 1.807) is 7.11 Å². The Morgan fingerprint density at radius 3 is 2.53 bits per heavy atom. The van der Waals surface area contributed by atoms with Crippen molar-refractivity contribution >= 4 is 45.2 Å². The Labute approximate surface area is 255 Å². The number of fused-ring (bicyclic) bond motifs is 2. The molecule has 8 nitrogen and oxygen atoms in total. The van der Waals surface area contributed by atoms with Crippen molar-refractivity contribution in [1.82, 2.24) is 25.5 Å². The summed E-state index contributed by atoms with van der Waals surface area (Å²) in [6.45, 7) is 2.16. The van der Waals surface area contributed by atoms with Gasteiger partial charge in [0.1, 0.15) is 11.8 Å². The van der Waals surface area contributed by atoms with Crippen LogP contribution in [0.1, 0.15) is 35.4 Å². The summed E-state index contributed by atoms with van der Waals surface area (Å²) < 4.78 is 5.44. The number of rotatable bonds is 10. The Morgan fingerprint density at radius 2 is 1.70 bits per heavy atom. The Hall–Kier alpha value is -4.27. The highest BCUT2D eigenvalue weighted by atomic mass is 35.5. The standard InChI is InChI=1S/C34H36ClN5O3/c1-43-32-9-5-2-6-23(32)18-38-34(42)31(16-24-19-36-29-8-4-3-7-26(24)29)39-33(41)21-40-14-12-22(13-15-40)28-20-37-30-11-10-25(35)17-27(28)30/h2-11,17,19-20,22,31,36-37H,12-16,18,21H2,1H3,(H,38,42)(H,39,41). The zero-order valence-corrected chi connectivity index (χ0v) is 24.9. The Bertz CT molecular complexity index is 1740. The van der Waals surface area contributed by atoms with Gasteiger partial charge in [0.25, 0.3) is 0 Å². The molecule has 0 aliphatic carbocycles. The molecule has 1 unspecified atom stereocenters. The third-order valence-corrected chi connectivity index (χ3v) is 8.70. The van der Waals surface area contributed by atoms with E-state index in [1.165, 1.54) is 10.9 Å². The van der Waals surface area contributed by atoms with E-state index in [2.05, 4.69) is 31.7 Å². The lowest BCUT2D eigenvalue weighted by atomic mass is 9.89. The zero-order valence-electron chi connectivity index (χ0n) is 24.2. The number of nitrogens with zero attached hydrogens (tertiary/aromatic N) is 1. The van der Waals surface area contributed by atoms with Crippen molar-refractivity contribution in [2.24, 2.45) is 0 Å². The fourth-order valence-corrected chi connectivity index (χ4v) is 6.35. The second-order valence-electron chi connectivity index (χ2n) is 11.2. The smallest absolute Gasteiger partial charge is 0.243 e. The predicted molar refractivity (Wildman–Crippen MR) is 170 cm³/mol. The number of hydrogen-bond acceptors (Lipinski definition) is 4. The van der Waals surface area contributed by atoms with Crippen LogP contribution in [0.15, 0.2) is 79.1 Å². The molecular weight excluding hydrogens is 562 g/mol. The molecule has 0 spiro atoms. The van der Waals surface area contributed by atoms with Gasteiger partial charge in [-0.3, -0.25) is 14.5 Å². The fraction of sp³-hybridized carbons (Fsp3) is 0.294. The number of halogens is 1. The van der Waals surface area contributed by atoms with Gasteiger partial charge in [-0.25, -0.2) is 0 Å². The number of carbonyl (C=O) groups is 2. The van der Waals surface area contributed by atoms with Gasteiger partial charge in [-0.05, 0) is 73.3 Å². The van der Waals surface area contributed by atoms with Crippen LogP contribution >= 0.6 is 11.6 Å². The first-order valence-corrected chi connectivity index (χ1v) is 15.1. The number of ether oxygens (including phenoxy) is 1. The van der Waals surface area contributed by atoms with Crippen molar-refractivity contribution in [3.8, 4) is 5.75 Å². The van der Waals surface area contributed by atoms with Crippen LogP contribution in [-0.4, -0.2) is 59.5 Å². The van der Waals surface area contributed by atoms with E-state index < -0.39 is 6.04 Å². The van der Waals surface area contributed by atoms with E-state index >= 15 is 0 Å². The van der Waals surface area contributed by atoms with Gasteiger partial charge >= 0.3 is 0 Å². The molecule has 1 fully saturated rings. The molecule has 1 aliphatic heterocycles. The number of amides is 2. The molecule has 0 bridgehead atoms. The summed E-state index contributed by atoms with van der Waals surface area (Å²) in [6, 6.07) is 20.8. The molecule has 1 saturated heterocycles. The predicted octanol–water partition coefficient (Wildman–Crippen LogP) is 5.53. The van der Waals surface area contributed by atoms with Crippen molar-refractivity contribution < 1.29 is 14.3 Å². The van der Waals surface area contributed by atoms with E-state index in [0.29, 0.717) is 24.6 Å². The third-order valence-electron chi connectivity index (χ3n) is 8.47. The number of carbonyl (C=O) groups excluding carboxylic acids is 2. The summed E-state index contributed by atoms with van der Waals surface area (Å²) in [4.78, 5) is 35.6. The lowest BCUT2D eigenvalue weighted by Gasteiger charge is -2.32. The summed E-state index contributed by atoms with van der Waals surface area (Å²) >= 11 is 6.27. The molecule has 0 saturated carbocycles. The molecule has 2 amide bonds. The van der Waals surface area contributed by atoms with Crippen LogP contribution in [0, 0.1) is 0 Å². The molecule has 5 aromatic rings. The molecule has 6 rings (SSSR count). The van der Waals surface area contributed by atoms with Crippen LogP contribution in [0.4, 0.5) is 0 Å². The second kappa shape index (κ2) is 12.9. The monoisotopic (exact) mass is 597 g/mol. The Kier molecular flexibility index (Phi) is 8.67. The van der Waals surface area contributed by atoms with Gasteiger partial charge in [0.15, 0.2) is 0 Å². The van der Waals surface area contributed by atoms with E-state index in [1.807, 2.05) is 72.9 Å². The molecule has 2 aromatic heterocycles. The van der Waals surface area contributed by atoms with Crippen molar-refractivity contribution in [3.05, 3.63) is 101 Å². The average Bonchev–Trinajstić information content (AvgIpc) is 3.64. The lowest BCUT2D eigenvalue weighted by molar-refractivity contribution is -0.129. The number of methoxy groups -OCH3 is 1. The molecule has 3 aromatic carbocycles. The van der Waals surface area contributed by atoms with Gasteiger partial charge in [-0.1, -0.05) is 48.0 Å². The van der Waals surface area contributed by atoms with Crippen LogP contribution in [-0.2, 0) is 22.6 Å². The van der Waals surface area contributed by atoms with Gasteiger partial charge in [-0.2, -0.15) is 0 Å². The number of para-hydroxylation sites is 2. The highest BCUT2D eigenvalue weighted by molar-refractivity contribution is 6.31. The van der Waals surface area contributed by atoms with Crippen molar-refractivity contribution in [3.63, 3.8) is 0 Å². The largest absolute Gasteiger partial charge is 0.496 e. The lowest BCUT2D eigenvalue weighted by Crippen LogP contribution is -2.51. The summed E-state index contributed by atoms with van der Waals surface area (Å²) in [5.74, 6) is 0.719. The highest BCUT2D eigenvalue weighted by Gasteiger charge is 2.27. The minimum Gasteiger partial charge on any atom is -0.496 e. The first-order valence-electron chi connectivity index (χ1n) is 14.7. The number of hydrogen-bond donors (Lipinski definition) is 4. The molecule has 0 radical (unpaired) electrons. The fourth-order valence-electron chi connectivity index (χ4n) is 6.18. The summed E-state index contributed by atoms with van der Waals surface area (Å²) in [5, 5.41) is 9.00. The summed E-state index contributed by atoms with van der Waals surface area (Å²) in [6.07, 6.45) is 6.28. The Balaban J connectivity index is 1.10. The van der Waals surface area contributed by atoms with Gasteiger partial charge in [-0.15, -0.1) is 0 Å². The summed E-state index contributed by atoms with van der Waals surface area (Å²) in [7, 11) is 1.61. The molecular formula is C34H36ClN5O3. The first-order chi connectivity index (χ1) is 21.0. The second-order valence-corrected chi connectivity index (χ2v) is 11.6. The molecule has 43 heavy (non-hydrogen) atoms. The molecule has 4 N–H and O–H groups in total. The van der Waals surface area contributed by atoms with Crippen LogP contribution in [0.2, 0.25) is 5.02 Å². The van der Waals surface area contributed by atoms with Gasteiger partial charge in [0, 0.05) is 57.8 Å². The number of aromatic amines is 2. The Morgan fingerprint density at radius 1 is 0.953 bits per heavy atom. The zero-order chi connectivity index (χ0) is 29.8. The molecule has 1 aliphatic rings. The topological polar surface area (TPSA) is 102 Å². The van der Waals surface area contributed by atoms with Crippen LogP contribution in [0.25, 0.3) is 21.8 Å². The molecule has 222 valence electrons. The highest BCUT2D eigenvalue weighted by Crippen LogP contribution is 2.34. The normalized spacial score (nSPS) is 15.0. The minimum absolute atomic E-state index is 0.158. The van der Waals surface area contributed by atoms with Gasteiger partial charge < -0.3 is 25.3 Å². The quantitative estimate of drug-likeness (QED) is 0.170. The maximum atomic E-state index is 13.5. The number of nitrogens with one attached hydrogen (secondary N) is 4. The SMILES string of the molecule is COc1ccccc1CNC(=O)C(Cc1c[nH]c2ccccc12)NC(=O)CN1CCC(c2c[nH]c3ccc(Cl)cc23)CC1. The van der Waals surface area contributed by atoms with Crippen molar-refractivity contribution in [2.45, 2.75) is 37.8 Å². The average molecular weight is 598 g/mol. The maximum absolute atomic E-state index is 13.5. The molecule has 9 heteroatoms. The number of piperidine rings is 1.